The minimum atomic E-state index is -0.883. The van der Waals surface area contributed by atoms with Crippen molar-refractivity contribution in [3.8, 4) is 0 Å². The summed E-state index contributed by atoms with van der Waals surface area (Å²) in [4.78, 5) is 22.2. The van der Waals surface area contributed by atoms with Crippen LogP contribution in [0, 0.1) is 11.8 Å². The van der Waals surface area contributed by atoms with Gasteiger partial charge in [0.05, 0.1) is 5.92 Å². The van der Waals surface area contributed by atoms with Crippen molar-refractivity contribution < 1.29 is 14.7 Å². The monoisotopic (exact) mass is 215 g/mol. The van der Waals surface area contributed by atoms with Crippen LogP contribution in [0.2, 0.25) is 0 Å². The van der Waals surface area contributed by atoms with Gasteiger partial charge >= 0.3 is 5.97 Å². The zero-order valence-corrected chi connectivity index (χ0v) is 9.91. The van der Waals surface area contributed by atoms with Gasteiger partial charge in [-0.05, 0) is 20.3 Å². The molecule has 0 spiro atoms. The van der Waals surface area contributed by atoms with E-state index in [-0.39, 0.29) is 17.9 Å². The molecule has 88 valence electrons. The van der Waals surface area contributed by atoms with Crippen LogP contribution in [0.5, 0.6) is 0 Å². The standard InChI is InChI=1S/C11H21NO3/c1-5-6-7(2)10(13)12-9(4)8(3)11(14)15/h7-9H,5-6H2,1-4H3,(H,12,13)(H,14,15). The summed E-state index contributed by atoms with van der Waals surface area (Å²) in [7, 11) is 0. The molecular weight excluding hydrogens is 194 g/mol. The van der Waals surface area contributed by atoms with E-state index >= 15 is 0 Å². The highest BCUT2D eigenvalue weighted by molar-refractivity contribution is 5.79. The summed E-state index contributed by atoms with van der Waals surface area (Å²) in [6.07, 6.45) is 1.79. The number of hydrogen-bond donors (Lipinski definition) is 2. The van der Waals surface area contributed by atoms with E-state index in [0.29, 0.717) is 0 Å². The maximum atomic E-state index is 11.6. The molecule has 4 nitrogen and oxygen atoms in total. The molecule has 0 aliphatic rings. The molecule has 0 bridgehead atoms. The SMILES string of the molecule is CCCC(C)C(=O)NC(C)C(C)C(=O)O. The zero-order valence-electron chi connectivity index (χ0n) is 9.91. The van der Waals surface area contributed by atoms with Gasteiger partial charge in [0.2, 0.25) is 5.91 Å². The average molecular weight is 215 g/mol. The Morgan fingerprint density at radius 3 is 2.20 bits per heavy atom. The molecule has 3 atom stereocenters. The van der Waals surface area contributed by atoms with Crippen molar-refractivity contribution in [2.24, 2.45) is 11.8 Å². The van der Waals surface area contributed by atoms with Crippen molar-refractivity contribution in [1.82, 2.24) is 5.32 Å². The van der Waals surface area contributed by atoms with Gasteiger partial charge in [0.15, 0.2) is 0 Å². The Labute approximate surface area is 91.1 Å². The summed E-state index contributed by atoms with van der Waals surface area (Å²) in [5.41, 5.74) is 0. The topological polar surface area (TPSA) is 66.4 Å². The number of aliphatic carboxylic acids is 1. The molecule has 0 saturated carbocycles. The van der Waals surface area contributed by atoms with Crippen LogP contribution in [0.1, 0.15) is 40.5 Å². The Kier molecular flexibility index (Phi) is 5.97. The van der Waals surface area contributed by atoms with Crippen LogP contribution in [0.4, 0.5) is 0 Å². The molecule has 0 rings (SSSR count). The first-order chi connectivity index (χ1) is 6.90. The molecule has 0 radical (unpaired) electrons. The Morgan fingerprint density at radius 2 is 1.80 bits per heavy atom. The van der Waals surface area contributed by atoms with E-state index in [4.69, 9.17) is 5.11 Å². The second-order valence-corrected chi connectivity index (χ2v) is 4.11. The van der Waals surface area contributed by atoms with E-state index in [1.165, 1.54) is 0 Å². The second kappa shape index (κ2) is 6.43. The summed E-state index contributed by atoms with van der Waals surface area (Å²) >= 11 is 0. The number of nitrogens with one attached hydrogen (secondary N) is 1. The van der Waals surface area contributed by atoms with Gasteiger partial charge in [0.1, 0.15) is 0 Å². The smallest absolute Gasteiger partial charge is 0.308 e. The molecule has 0 aliphatic heterocycles. The third-order valence-corrected chi connectivity index (χ3v) is 2.68. The number of carbonyl (C=O) groups is 2. The van der Waals surface area contributed by atoms with Crippen LogP contribution < -0.4 is 5.32 Å². The van der Waals surface area contributed by atoms with Crippen LogP contribution in [0.15, 0.2) is 0 Å². The third-order valence-electron chi connectivity index (χ3n) is 2.68. The molecule has 15 heavy (non-hydrogen) atoms. The lowest BCUT2D eigenvalue weighted by Crippen LogP contribution is -2.42. The normalized spacial score (nSPS) is 16.5. The fourth-order valence-corrected chi connectivity index (χ4v) is 1.27. The number of carboxylic acid groups (broad SMARTS) is 1. The van der Waals surface area contributed by atoms with E-state index in [9.17, 15) is 9.59 Å². The van der Waals surface area contributed by atoms with Crippen molar-refractivity contribution >= 4 is 11.9 Å². The van der Waals surface area contributed by atoms with Crippen LogP contribution in [0.25, 0.3) is 0 Å². The van der Waals surface area contributed by atoms with Crippen LogP contribution in [-0.2, 0) is 9.59 Å². The molecule has 3 unspecified atom stereocenters. The number of carbonyl (C=O) groups excluding carboxylic acids is 1. The summed E-state index contributed by atoms with van der Waals surface area (Å²) < 4.78 is 0. The molecule has 1 amide bonds. The molecular formula is C11H21NO3. The van der Waals surface area contributed by atoms with Crippen molar-refractivity contribution in [2.75, 3.05) is 0 Å². The van der Waals surface area contributed by atoms with E-state index in [1.54, 1.807) is 13.8 Å². The van der Waals surface area contributed by atoms with Crippen LogP contribution >= 0.6 is 0 Å². The maximum absolute atomic E-state index is 11.6. The van der Waals surface area contributed by atoms with E-state index in [0.717, 1.165) is 12.8 Å². The quantitative estimate of drug-likeness (QED) is 0.708. The van der Waals surface area contributed by atoms with E-state index in [1.807, 2.05) is 13.8 Å². The Bertz CT molecular complexity index is 228. The number of rotatable bonds is 6. The average Bonchev–Trinajstić information content (AvgIpc) is 2.16. The largest absolute Gasteiger partial charge is 0.481 e. The highest BCUT2D eigenvalue weighted by Gasteiger charge is 2.22. The Hall–Kier alpha value is -1.06. The molecule has 0 saturated heterocycles. The van der Waals surface area contributed by atoms with Gasteiger partial charge in [-0.25, -0.2) is 0 Å². The minimum Gasteiger partial charge on any atom is -0.481 e. The highest BCUT2D eigenvalue weighted by Crippen LogP contribution is 2.08. The fourth-order valence-electron chi connectivity index (χ4n) is 1.27. The minimum absolute atomic E-state index is 0.0431. The van der Waals surface area contributed by atoms with Crippen molar-refractivity contribution in [3.05, 3.63) is 0 Å². The van der Waals surface area contributed by atoms with Gasteiger partial charge in [-0.15, -0.1) is 0 Å². The van der Waals surface area contributed by atoms with Crippen molar-refractivity contribution in [2.45, 2.75) is 46.6 Å². The first-order valence-electron chi connectivity index (χ1n) is 5.43. The van der Waals surface area contributed by atoms with Gasteiger partial charge in [-0.1, -0.05) is 20.3 Å². The van der Waals surface area contributed by atoms with Crippen LogP contribution in [-0.4, -0.2) is 23.0 Å². The molecule has 0 fully saturated rings. The fraction of sp³-hybridized carbons (Fsp3) is 0.818. The summed E-state index contributed by atoms with van der Waals surface area (Å²) in [6.45, 7) is 7.19. The highest BCUT2D eigenvalue weighted by atomic mass is 16.4. The lowest BCUT2D eigenvalue weighted by molar-refractivity contribution is -0.142. The Balaban J connectivity index is 4.11. The Morgan fingerprint density at radius 1 is 1.27 bits per heavy atom. The van der Waals surface area contributed by atoms with Crippen LogP contribution in [0.3, 0.4) is 0 Å². The van der Waals surface area contributed by atoms with E-state index in [2.05, 4.69) is 5.32 Å². The number of hydrogen-bond acceptors (Lipinski definition) is 2. The van der Waals surface area contributed by atoms with E-state index < -0.39 is 11.9 Å². The second-order valence-electron chi connectivity index (χ2n) is 4.11. The third kappa shape index (κ3) is 4.81. The molecule has 0 aromatic heterocycles. The summed E-state index contributed by atoms with van der Waals surface area (Å²) in [6, 6.07) is -0.325. The van der Waals surface area contributed by atoms with Gasteiger partial charge in [0.25, 0.3) is 0 Å². The summed E-state index contributed by atoms with van der Waals surface area (Å²) in [5, 5.41) is 11.5. The zero-order chi connectivity index (χ0) is 12.0. The van der Waals surface area contributed by atoms with Crippen molar-refractivity contribution in [1.29, 1.82) is 0 Å². The molecule has 0 aliphatic carbocycles. The molecule has 0 aromatic rings. The number of carboxylic acids is 1. The lowest BCUT2D eigenvalue weighted by Gasteiger charge is -2.20. The predicted octanol–water partition coefficient (Wildman–Crippen LogP) is 1.65. The van der Waals surface area contributed by atoms with Gasteiger partial charge in [0, 0.05) is 12.0 Å². The maximum Gasteiger partial charge on any atom is 0.308 e. The molecule has 0 heterocycles. The van der Waals surface area contributed by atoms with Gasteiger partial charge in [-0.3, -0.25) is 9.59 Å². The lowest BCUT2D eigenvalue weighted by atomic mass is 10.0. The molecule has 2 N–H and O–H groups in total. The molecule has 4 heteroatoms. The predicted molar refractivity (Wildman–Crippen MR) is 58.5 cm³/mol. The first-order valence-corrected chi connectivity index (χ1v) is 5.43. The first kappa shape index (κ1) is 13.9. The summed E-state index contributed by atoms with van der Waals surface area (Å²) in [5.74, 6) is -1.54. The van der Waals surface area contributed by atoms with Gasteiger partial charge < -0.3 is 10.4 Å². The van der Waals surface area contributed by atoms with Crippen molar-refractivity contribution in [3.63, 3.8) is 0 Å². The molecule has 0 aromatic carbocycles. The number of amides is 1. The van der Waals surface area contributed by atoms with Gasteiger partial charge in [-0.2, -0.15) is 0 Å².